The van der Waals surface area contributed by atoms with Gasteiger partial charge in [-0.3, -0.25) is 9.69 Å². The first-order chi connectivity index (χ1) is 10.5. The Morgan fingerprint density at radius 2 is 2.14 bits per heavy atom. The molecule has 1 saturated heterocycles. The molecule has 0 aromatic heterocycles. The predicted molar refractivity (Wildman–Crippen MR) is 86.9 cm³/mol. The van der Waals surface area contributed by atoms with Gasteiger partial charge in [-0.15, -0.1) is 6.58 Å². The van der Waals surface area contributed by atoms with Crippen molar-refractivity contribution >= 4 is 5.91 Å². The van der Waals surface area contributed by atoms with Crippen LogP contribution in [0, 0.1) is 11.3 Å². The van der Waals surface area contributed by atoms with E-state index in [0.29, 0.717) is 25.8 Å². The van der Waals surface area contributed by atoms with Crippen molar-refractivity contribution in [3.63, 3.8) is 0 Å². The number of nitrogens with zero attached hydrogens (tertiary/aromatic N) is 2. The molecular formula is C18H23N3O. The quantitative estimate of drug-likeness (QED) is 0.821. The molecule has 0 bridgehead atoms. The number of nitriles is 1. The van der Waals surface area contributed by atoms with Crippen molar-refractivity contribution in [3.05, 3.63) is 48.0 Å². The van der Waals surface area contributed by atoms with Crippen molar-refractivity contribution in [2.24, 2.45) is 0 Å². The van der Waals surface area contributed by atoms with Crippen LogP contribution in [-0.4, -0.2) is 29.4 Å². The number of hydrogen-bond acceptors (Lipinski definition) is 3. The summed E-state index contributed by atoms with van der Waals surface area (Å²) >= 11 is 0. The summed E-state index contributed by atoms with van der Waals surface area (Å²) < 4.78 is 0. The molecular weight excluding hydrogens is 274 g/mol. The van der Waals surface area contributed by atoms with Crippen LogP contribution in [0.25, 0.3) is 0 Å². The number of allylic oxidation sites excluding steroid dienone is 1. The molecule has 0 radical (unpaired) electrons. The average Bonchev–Trinajstić information content (AvgIpc) is 2.89. The van der Waals surface area contributed by atoms with Gasteiger partial charge in [0.2, 0.25) is 5.91 Å². The number of hydrogen-bond donors (Lipinski definition) is 1. The second-order valence-electron chi connectivity index (χ2n) is 6.15. The van der Waals surface area contributed by atoms with E-state index >= 15 is 0 Å². The third-order valence-corrected chi connectivity index (χ3v) is 3.97. The van der Waals surface area contributed by atoms with Crippen LogP contribution in [-0.2, 0) is 11.3 Å². The molecule has 1 amide bonds. The van der Waals surface area contributed by atoms with E-state index in [0.717, 1.165) is 18.7 Å². The maximum atomic E-state index is 12.0. The molecule has 2 rings (SSSR count). The van der Waals surface area contributed by atoms with E-state index in [4.69, 9.17) is 0 Å². The summed E-state index contributed by atoms with van der Waals surface area (Å²) in [7, 11) is 0. The Hall–Kier alpha value is -2.12. The zero-order chi connectivity index (χ0) is 16.0. The fourth-order valence-electron chi connectivity index (χ4n) is 2.74. The van der Waals surface area contributed by atoms with Crippen LogP contribution < -0.4 is 5.32 Å². The maximum Gasteiger partial charge on any atom is 0.221 e. The fourth-order valence-corrected chi connectivity index (χ4v) is 2.74. The van der Waals surface area contributed by atoms with Gasteiger partial charge in [-0.1, -0.05) is 35.9 Å². The monoisotopic (exact) mass is 297 g/mol. The van der Waals surface area contributed by atoms with Crippen LogP contribution in [0.1, 0.15) is 31.7 Å². The fraction of sp³-hybridized carbons (Fsp3) is 0.444. The number of likely N-dealkylation sites (tertiary alicyclic amines) is 1. The van der Waals surface area contributed by atoms with E-state index in [1.54, 1.807) is 0 Å². The van der Waals surface area contributed by atoms with Crippen LogP contribution in [0.3, 0.4) is 0 Å². The Balaban J connectivity index is 1.91. The molecule has 1 N–H and O–H groups in total. The molecule has 4 nitrogen and oxygen atoms in total. The van der Waals surface area contributed by atoms with Gasteiger partial charge < -0.3 is 5.32 Å². The van der Waals surface area contributed by atoms with Crippen molar-refractivity contribution < 1.29 is 4.79 Å². The van der Waals surface area contributed by atoms with Crippen LogP contribution in [0.2, 0.25) is 0 Å². The van der Waals surface area contributed by atoms with Gasteiger partial charge in [0.05, 0.1) is 6.07 Å². The maximum absolute atomic E-state index is 12.0. The molecule has 1 aromatic carbocycles. The van der Waals surface area contributed by atoms with E-state index in [-0.39, 0.29) is 5.91 Å². The average molecular weight is 297 g/mol. The van der Waals surface area contributed by atoms with Crippen molar-refractivity contribution in [1.29, 1.82) is 5.26 Å². The van der Waals surface area contributed by atoms with Gasteiger partial charge in [-0.2, -0.15) is 5.26 Å². The summed E-state index contributed by atoms with van der Waals surface area (Å²) in [6.45, 7) is 7.92. The molecule has 116 valence electrons. The van der Waals surface area contributed by atoms with Gasteiger partial charge in [-0.25, -0.2) is 0 Å². The molecule has 0 aliphatic carbocycles. The Morgan fingerprint density at radius 1 is 1.41 bits per heavy atom. The highest BCUT2D eigenvalue weighted by Crippen LogP contribution is 2.23. The van der Waals surface area contributed by atoms with Crippen LogP contribution in [0.15, 0.2) is 42.5 Å². The topological polar surface area (TPSA) is 56.1 Å². The number of rotatable bonds is 6. The van der Waals surface area contributed by atoms with Gasteiger partial charge in [0.25, 0.3) is 0 Å². The van der Waals surface area contributed by atoms with Crippen LogP contribution in [0.4, 0.5) is 0 Å². The lowest BCUT2D eigenvalue weighted by atomic mass is 10.00. The van der Waals surface area contributed by atoms with Gasteiger partial charge in [0.15, 0.2) is 0 Å². The van der Waals surface area contributed by atoms with Gasteiger partial charge in [0, 0.05) is 26.1 Å². The highest BCUT2D eigenvalue weighted by Gasteiger charge is 2.39. The highest BCUT2D eigenvalue weighted by atomic mass is 16.1. The second kappa shape index (κ2) is 7.24. The number of carbonyl (C=O) groups excluding carboxylic acids is 1. The molecule has 0 saturated carbocycles. The van der Waals surface area contributed by atoms with Gasteiger partial charge in [-0.05, 0) is 25.3 Å². The summed E-state index contributed by atoms with van der Waals surface area (Å²) in [4.78, 5) is 14.2. The van der Waals surface area contributed by atoms with Gasteiger partial charge >= 0.3 is 0 Å². The summed E-state index contributed by atoms with van der Waals surface area (Å²) in [5.74, 6) is -0.0638. The Morgan fingerprint density at radius 3 is 2.77 bits per heavy atom. The van der Waals surface area contributed by atoms with Crippen LogP contribution >= 0.6 is 0 Å². The number of carbonyl (C=O) groups is 1. The molecule has 1 aliphatic heterocycles. The molecule has 0 spiro atoms. The molecule has 1 fully saturated rings. The second-order valence-corrected chi connectivity index (χ2v) is 6.15. The summed E-state index contributed by atoms with van der Waals surface area (Å²) in [5, 5.41) is 12.4. The third-order valence-electron chi connectivity index (χ3n) is 3.97. The predicted octanol–water partition coefficient (Wildman–Crippen LogP) is 2.63. The highest BCUT2D eigenvalue weighted by molar-refractivity contribution is 5.77. The Labute approximate surface area is 132 Å². The van der Waals surface area contributed by atoms with E-state index in [2.05, 4.69) is 35.0 Å². The standard InChI is InChI=1S/C18H23N3O/c1-15(2)8-9-17(22)20-18(13-19)10-11-21(14-18)12-16-6-4-3-5-7-16/h3-7H,1,8-12,14H2,2H3,(H,20,22). The lowest BCUT2D eigenvalue weighted by molar-refractivity contribution is -0.122. The normalized spacial score (nSPS) is 21.3. The lowest BCUT2D eigenvalue weighted by Crippen LogP contribution is -2.49. The van der Waals surface area contributed by atoms with E-state index in [1.807, 2.05) is 25.1 Å². The largest absolute Gasteiger partial charge is 0.337 e. The third kappa shape index (κ3) is 4.44. The Kier molecular flexibility index (Phi) is 5.35. The lowest BCUT2D eigenvalue weighted by Gasteiger charge is -2.23. The Bertz CT molecular complexity index is 576. The van der Waals surface area contributed by atoms with E-state index in [1.165, 1.54) is 5.56 Å². The molecule has 22 heavy (non-hydrogen) atoms. The molecule has 1 aromatic rings. The van der Waals surface area contributed by atoms with Gasteiger partial charge in [0.1, 0.15) is 5.54 Å². The number of amides is 1. The smallest absolute Gasteiger partial charge is 0.221 e. The minimum absolute atomic E-state index is 0.0638. The first-order valence-corrected chi connectivity index (χ1v) is 7.66. The first kappa shape index (κ1) is 16.3. The van der Waals surface area contributed by atoms with Crippen molar-refractivity contribution in [2.75, 3.05) is 13.1 Å². The minimum Gasteiger partial charge on any atom is -0.337 e. The summed E-state index contributed by atoms with van der Waals surface area (Å²) in [6, 6.07) is 12.5. The molecule has 1 atom stereocenters. The zero-order valence-electron chi connectivity index (χ0n) is 13.1. The van der Waals surface area contributed by atoms with Crippen LogP contribution in [0.5, 0.6) is 0 Å². The molecule has 4 heteroatoms. The van der Waals surface area contributed by atoms with Crippen molar-refractivity contribution in [3.8, 4) is 6.07 Å². The van der Waals surface area contributed by atoms with Crippen molar-refractivity contribution in [2.45, 2.75) is 38.3 Å². The SMILES string of the molecule is C=C(C)CCC(=O)NC1(C#N)CCN(Cc2ccccc2)C1. The number of nitrogens with one attached hydrogen (secondary N) is 1. The first-order valence-electron chi connectivity index (χ1n) is 7.66. The minimum atomic E-state index is -0.749. The zero-order valence-corrected chi connectivity index (χ0v) is 13.1. The molecule has 1 heterocycles. The summed E-state index contributed by atoms with van der Waals surface area (Å²) in [5.41, 5.74) is 1.46. The molecule has 1 unspecified atom stereocenters. The van der Waals surface area contributed by atoms with Crippen molar-refractivity contribution in [1.82, 2.24) is 10.2 Å². The molecule has 1 aliphatic rings. The summed E-state index contributed by atoms with van der Waals surface area (Å²) in [6.07, 6.45) is 1.74. The van der Waals surface area contributed by atoms with E-state index in [9.17, 15) is 10.1 Å². The number of benzene rings is 1. The van der Waals surface area contributed by atoms with E-state index < -0.39 is 5.54 Å².